The van der Waals surface area contributed by atoms with Crippen LogP contribution < -0.4 is 5.32 Å². The first kappa shape index (κ1) is 13.7. The lowest BCUT2D eigenvalue weighted by atomic mass is 10.1. The minimum atomic E-state index is 0.292. The van der Waals surface area contributed by atoms with Crippen molar-refractivity contribution in [2.24, 2.45) is 0 Å². The van der Waals surface area contributed by atoms with Crippen LogP contribution in [0.3, 0.4) is 0 Å². The van der Waals surface area contributed by atoms with E-state index in [4.69, 9.17) is 4.74 Å². The van der Waals surface area contributed by atoms with Gasteiger partial charge in [0.2, 0.25) is 0 Å². The average molecular weight is 226 g/mol. The lowest BCUT2D eigenvalue weighted by molar-refractivity contribution is -0.0377. The van der Waals surface area contributed by atoms with Gasteiger partial charge in [-0.2, -0.15) is 0 Å². The Balaban J connectivity index is 2.53. The lowest BCUT2D eigenvalue weighted by Gasteiger charge is -2.36. The zero-order valence-corrected chi connectivity index (χ0v) is 11.1. The number of morpholine rings is 1. The van der Waals surface area contributed by atoms with Gasteiger partial charge in [0.05, 0.1) is 18.8 Å². The van der Waals surface area contributed by atoms with E-state index in [0.29, 0.717) is 12.1 Å². The van der Waals surface area contributed by atoms with Crippen LogP contribution in [-0.4, -0.2) is 50.3 Å². The fourth-order valence-electron chi connectivity index (χ4n) is 2.20. The summed E-state index contributed by atoms with van der Waals surface area (Å²) in [6, 6.07) is 0.338. The van der Waals surface area contributed by atoms with Gasteiger partial charge in [-0.3, -0.25) is 4.90 Å². The molecule has 16 heavy (non-hydrogen) atoms. The maximum Gasteiger partial charge on any atom is 0.0890 e. The molecule has 1 saturated heterocycles. The fraction of sp³-hybridized carbons (Fsp3) is 0.846. The van der Waals surface area contributed by atoms with E-state index >= 15 is 0 Å². The molecular formula is C13H26N2O. The molecular weight excluding hydrogens is 200 g/mol. The molecule has 0 saturated carbocycles. The molecule has 0 aliphatic carbocycles. The van der Waals surface area contributed by atoms with Crippen molar-refractivity contribution >= 4 is 0 Å². The van der Waals surface area contributed by atoms with Gasteiger partial charge in [-0.1, -0.05) is 18.6 Å². The van der Waals surface area contributed by atoms with Crippen LogP contribution in [0.4, 0.5) is 0 Å². The summed E-state index contributed by atoms with van der Waals surface area (Å²) in [6.45, 7) is 10.7. The average Bonchev–Trinajstić information content (AvgIpc) is 2.26. The molecule has 1 fully saturated rings. The van der Waals surface area contributed by atoms with Crippen molar-refractivity contribution in [1.82, 2.24) is 10.2 Å². The lowest BCUT2D eigenvalue weighted by Crippen LogP contribution is -2.51. The van der Waals surface area contributed by atoms with Crippen molar-refractivity contribution < 1.29 is 4.74 Å². The van der Waals surface area contributed by atoms with Crippen molar-refractivity contribution in [2.75, 3.05) is 33.3 Å². The fourth-order valence-corrected chi connectivity index (χ4v) is 2.20. The molecule has 0 spiro atoms. The maximum atomic E-state index is 5.86. The molecule has 3 heteroatoms. The van der Waals surface area contributed by atoms with Gasteiger partial charge in [0.1, 0.15) is 0 Å². The second-order valence-corrected chi connectivity index (χ2v) is 4.77. The molecule has 1 N–H and O–H groups in total. The van der Waals surface area contributed by atoms with Gasteiger partial charge >= 0.3 is 0 Å². The van der Waals surface area contributed by atoms with E-state index in [1.807, 2.05) is 7.05 Å². The van der Waals surface area contributed by atoms with Crippen LogP contribution in [0.1, 0.15) is 27.2 Å². The van der Waals surface area contributed by atoms with Crippen molar-refractivity contribution in [3.05, 3.63) is 11.6 Å². The SMILES string of the molecule is CCCN1CCOC(C(C=C(C)C)NC)C1. The van der Waals surface area contributed by atoms with Gasteiger partial charge in [-0.05, 0) is 33.9 Å². The Labute approximate surface area is 99.8 Å². The Morgan fingerprint density at radius 1 is 1.56 bits per heavy atom. The van der Waals surface area contributed by atoms with Crippen LogP contribution in [0.2, 0.25) is 0 Å². The van der Waals surface area contributed by atoms with Gasteiger partial charge in [0.15, 0.2) is 0 Å². The highest BCUT2D eigenvalue weighted by Gasteiger charge is 2.25. The zero-order chi connectivity index (χ0) is 12.0. The van der Waals surface area contributed by atoms with E-state index in [9.17, 15) is 0 Å². The quantitative estimate of drug-likeness (QED) is 0.721. The number of likely N-dealkylation sites (N-methyl/N-ethyl adjacent to an activating group) is 1. The van der Waals surface area contributed by atoms with E-state index in [0.717, 1.165) is 19.7 Å². The van der Waals surface area contributed by atoms with Crippen LogP contribution in [-0.2, 0) is 4.74 Å². The number of nitrogens with one attached hydrogen (secondary N) is 1. The summed E-state index contributed by atoms with van der Waals surface area (Å²) in [5.41, 5.74) is 1.34. The third-order valence-corrected chi connectivity index (χ3v) is 2.96. The topological polar surface area (TPSA) is 24.5 Å². The molecule has 1 aliphatic rings. The standard InChI is InChI=1S/C13H26N2O/c1-5-6-15-7-8-16-13(10-15)12(14-4)9-11(2)3/h9,12-14H,5-8,10H2,1-4H3. The molecule has 94 valence electrons. The van der Waals surface area contributed by atoms with Crippen molar-refractivity contribution in [3.8, 4) is 0 Å². The monoisotopic (exact) mass is 226 g/mol. The number of rotatable bonds is 5. The Bertz CT molecular complexity index is 222. The smallest absolute Gasteiger partial charge is 0.0890 e. The number of hydrogen-bond donors (Lipinski definition) is 1. The van der Waals surface area contributed by atoms with Crippen LogP contribution in [0.5, 0.6) is 0 Å². The van der Waals surface area contributed by atoms with Crippen LogP contribution in [0, 0.1) is 0 Å². The van der Waals surface area contributed by atoms with Gasteiger partial charge in [0, 0.05) is 13.1 Å². The Morgan fingerprint density at radius 2 is 2.31 bits per heavy atom. The van der Waals surface area contributed by atoms with E-state index in [1.165, 1.54) is 18.5 Å². The normalized spacial score (nSPS) is 24.1. The van der Waals surface area contributed by atoms with E-state index in [-0.39, 0.29) is 0 Å². The molecule has 2 atom stereocenters. The summed E-state index contributed by atoms with van der Waals surface area (Å²) < 4.78 is 5.86. The van der Waals surface area contributed by atoms with Crippen molar-refractivity contribution in [3.63, 3.8) is 0 Å². The third-order valence-electron chi connectivity index (χ3n) is 2.96. The number of hydrogen-bond acceptors (Lipinski definition) is 3. The van der Waals surface area contributed by atoms with E-state index in [1.54, 1.807) is 0 Å². The minimum absolute atomic E-state index is 0.292. The first-order valence-corrected chi connectivity index (χ1v) is 6.33. The Kier molecular flexibility index (Phi) is 6.03. The predicted octanol–water partition coefficient (Wildman–Crippen LogP) is 1.65. The summed E-state index contributed by atoms with van der Waals surface area (Å²) in [4.78, 5) is 2.50. The number of ether oxygens (including phenoxy) is 1. The van der Waals surface area contributed by atoms with Gasteiger partial charge in [-0.25, -0.2) is 0 Å². The summed E-state index contributed by atoms with van der Waals surface area (Å²) in [5.74, 6) is 0. The summed E-state index contributed by atoms with van der Waals surface area (Å²) >= 11 is 0. The van der Waals surface area contributed by atoms with Gasteiger partial charge in [0.25, 0.3) is 0 Å². The molecule has 0 amide bonds. The maximum absolute atomic E-state index is 5.86. The zero-order valence-electron chi connectivity index (χ0n) is 11.1. The first-order valence-electron chi connectivity index (χ1n) is 6.33. The number of allylic oxidation sites excluding steroid dienone is 1. The first-order chi connectivity index (χ1) is 7.67. The van der Waals surface area contributed by atoms with Crippen LogP contribution in [0.25, 0.3) is 0 Å². The molecule has 0 bridgehead atoms. The highest BCUT2D eigenvalue weighted by molar-refractivity contribution is 5.04. The molecule has 1 rings (SSSR count). The summed E-state index contributed by atoms with van der Waals surface area (Å²) in [5, 5.41) is 3.34. The minimum Gasteiger partial charge on any atom is -0.374 e. The largest absolute Gasteiger partial charge is 0.374 e. The van der Waals surface area contributed by atoms with E-state index < -0.39 is 0 Å². The predicted molar refractivity (Wildman–Crippen MR) is 68.7 cm³/mol. The van der Waals surface area contributed by atoms with Gasteiger partial charge < -0.3 is 10.1 Å². The molecule has 0 aromatic heterocycles. The molecule has 0 aromatic carbocycles. The van der Waals surface area contributed by atoms with Crippen molar-refractivity contribution in [2.45, 2.75) is 39.3 Å². The molecule has 0 radical (unpaired) electrons. The molecule has 1 heterocycles. The molecule has 2 unspecified atom stereocenters. The second-order valence-electron chi connectivity index (χ2n) is 4.77. The van der Waals surface area contributed by atoms with E-state index in [2.05, 4.69) is 37.1 Å². The third kappa shape index (κ3) is 4.24. The second kappa shape index (κ2) is 7.05. The Morgan fingerprint density at radius 3 is 2.88 bits per heavy atom. The summed E-state index contributed by atoms with van der Waals surface area (Å²) in [7, 11) is 2.01. The van der Waals surface area contributed by atoms with Gasteiger partial charge in [-0.15, -0.1) is 0 Å². The molecule has 1 aliphatic heterocycles. The highest BCUT2D eigenvalue weighted by atomic mass is 16.5. The summed E-state index contributed by atoms with van der Waals surface area (Å²) in [6.07, 6.45) is 3.78. The number of nitrogens with zero attached hydrogens (tertiary/aromatic N) is 1. The van der Waals surface area contributed by atoms with Crippen molar-refractivity contribution in [1.29, 1.82) is 0 Å². The Hall–Kier alpha value is -0.380. The molecule has 3 nitrogen and oxygen atoms in total. The highest BCUT2D eigenvalue weighted by Crippen LogP contribution is 2.11. The molecule has 0 aromatic rings. The van der Waals surface area contributed by atoms with Crippen LogP contribution >= 0.6 is 0 Å². The van der Waals surface area contributed by atoms with Crippen LogP contribution in [0.15, 0.2) is 11.6 Å².